The van der Waals surface area contributed by atoms with Gasteiger partial charge in [-0.2, -0.15) is 5.10 Å². The van der Waals surface area contributed by atoms with E-state index in [-0.39, 0.29) is 24.2 Å². The zero-order valence-corrected chi connectivity index (χ0v) is 13.5. The molecular formula is C17H20N4O3. The van der Waals surface area contributed by atoms with Crippen LogP contribution in [0.5, 0.6) is 5.75 Å². The van der Waals surface area contributed by atoms with E-state index in [2.05, 4.69) is 15.5 Å². The van der Waals surface area contributed by atoms with Crippen LogP contribution in [0.15, 0.2) is 36.7 Å². The average Bonchev–Trinajstić information content (AvgIpc) is 3.23. The summed E-state index contributed by atoms with van der Waals surface area (Å²) in [6, 6.07) is 7.76. The van der Waals surface area contributed by atoms with Gasteiger partial charge in [-0.3, -0.25) is 14.7 Å². The van der Waals surface area contributed by atoms with E-state index >= 15 is 0 Å². The van der Waals surface area contributed by atoms with Crippen LogP contribution in [-0.4, -0.2) is 47.1 Å². The maximum atomic E-state index is 12.2. The van der Waals surface area contributed by atoms with Crippen molar-refractivity contribution in [3.05, 3.63) is 42.2 Å². The van der Waals surface area contributed by atoms with Crippen molar-refractivity contribution in [2.45, 2.75) is 12.8 Å². The number of aromatic nitrogens is 2. The number of hydrogen-bond acceptors (Lipinski definition) is 4. The summed E-state index contributed by atoms with van der Waals surface area (Å²) < 4.78 is 5.33. The zero-order valence-electron chi connectivity index (χ0n) is 13.5. The van der Waals surface area contributed by atoms with E-state index in [1.807, 2.05) is 24.3 Å². The summed E-state index contributed by atoms with van der Waals surface area (Å²) in [5.74, 6) is 0.352. The molecule has 2 N–H and O–H groups in total. The molecule has 7 heteroatoms. The van der Waals surface area contributed by atoms with Crippen molar-refractivity contribution >= 4 is 17.5 Å². The maximum absolute atomic E-state index is 12.2. The predicted molar refractivity (Wildman–Crippen MR) is 88.6 cm³/mol. The van der Waals surface area contributed by atoms with E-state index in [1.54, 1.807) is 18.2 Å². The molecule has 2 heterocycles. The smallest absolute Gasteiger partial charge is 0.229 e. The lowest BCUT2D eigenvalue weighted by Gasteiger charge is -2.17. The third kappa shape index (κ3) is 3.56. The van der Waals surface area contributed by atoms with Crippen LogP contribution in [0.3, 0.4) is 0 Å². The van der Waals surface area contributed by atoms with Crippen LogP contribution in [0, 0.1) is 5.92 Å². The quantitative estimate of drug-likeness (QED) is 0.840. The minimum atomic E-state index is -0.329. The number of likely N-dealkylation sites (tertiary alicyclic amines) is 1. The molecule has 2 aromatic rings. The van der Waals surface area contributed by atoms with Crippen molar-refractivity contribution in [1.82, 2.24) is 15.1 Å². The molecule has 1 aromatic heterocycles. The number of carbonyl (C=O) groups excluding carboxylic acids is 2. The molecule has 7 nitrogen and oxygen atoms in total. The summed E-state index contributed by atoms with van der Waals surface area (Å²) in [6.45, 7) is 1.02. The predicted octanol–water partition coefficient (Wildman–Crippen LogP) is 1.45. The molecule has 126 valence electrons. The molecule has 1 unspecified atom stereocenters. The fourth-order valence-electron chi connectivity index (χ4n) is 2.89. The number of aromatic amines is 1. The van der Waals surface area contributed by atoms with E-state index in [0.29, 0.717) is 25.2 Å². The number of nitrogens with one attached hydrogen (secondary N) is 2. The first-order valence-electron chi connectivity index (χ1n) is 7.86. The summed E-state index contributed by atoms with van der Waals surface area (Å²) in [6.07, 6.45) is 4.09. The summed E-state index contributed by atoms with van der Waals surface area (Å²) in [4.78, 5) is 26.1. The first-order chi connectivity index (χ1) is 11.7. The number of H-pyrrole nitrogens is 1. The Balaban J connectivity index is 1.56. The van der Waals surface area contributed by atoms with Gasteiger partial charge in [0.1, 0.15) is 5.75 Å². The van der Waals surface area contributed by atoms with Crippen molar-refractivity contribution in [1.29, 1.82) is 0 Å². The lowest BCUT2D eigenvalue weighted by Crippen LogP contribution is -2.30. The molecule has 24 heavy (non-hydrogen) atoms. The van der Waals surface area contributed by atoms with Crippen LogP contribution in [0.2, 0.25) is 0 Å². The molecule has 1 aliphatic rings. The molecule has 0 saturated carbocycles. The number of amides is 2. The van der Waals surface area contributed by atoms with Gasteiger partial charge in [0.2, 0.25) is 11.8 Å². The molecular weight excluding hydrogens is 308 g/mol. The normalized spacial score (nSPS) is 17.1. The second-order valence-electron chi connectivity index (χ2n) is 5.78. The molecule has 1 fully saturated rings. The highest BCUT2D eigenvalue weighted by Gasteiger charge is 2.34. The van der Waals surface area contributed by atoms with Gasteiger partial charge in [0.15, 0.2) is 0 Å². The fourth-order valence-corrected chi connectivity index (χ4v) is 2.89. The van der Waals surface area contributed by atoms with Gasteiger partial charge in [-0.1, -0.05) is 18.2 Å². The van der Waals surface area contributed by atoms with Crippen LogP contribution >= 0.6 is 0 Å². The number of para-hydroxylation sites is 1. The van der Waals surface area contributed by atoms with Crippen LogP contribution in [0.25, 0.3) is 0 Å². The number of benzene rings is 1. The molecule has 1 aliphatic heterocycles. The third-order valence-electron chi connectivity index (χ3n) is 4.19. The van der Waals surface area contributed by atoms with Crippen molar-refractivity contribution in [2.24, 2.45) is 5.92 Å². The van der Waals surface area contributed by atoms with E-state index in [1.165, 1.54) is 6.20 Å². The van der Waals surface area contributed by atoms with Crippen LogP contribution in [-0.2, 0) is 16.0 Å². The van der Waals surface area contributed by atoms with E-state index < -0.39 is 0 Å². The van der Waals surface area contributed by atoms with E-state index in [9.17, 15) is 9.59 Å². The van der Waals surface area contributed by atoms with Gasteiger partial charge in [0, 0.05) is 25.7 Å². The molecule has 0 aliphatic carbocycles. The summed E-state index contributed by atoms with van der Waals surface area (Å²) in [7, 11) is 1.63. The Bertz CT molecular complexity index is 714. The van der Waals surface area contributed by atoms with Crippen LogP contribution in [0.4, 0.5) is 5.69 Å². The monoisotopic (exact) mass is 328 g/mol. The molecule has 0 bridgehead atoms. The standard InChI is InChI=1S/C17H20N4O3/c1-24-15-5-3-2-4-12(15)6-7-21-11-13(8-16(21)22)17(23)20-14-9-18-19-10-14/h2-5,9-10,13H,6-8,11H2,1H3,(H,18,19)(H,20,23). The molecule has 0 spiro atoms. The number of carbonyl (C=O) groups is 2. The second-order valence-corrected chi connectivity index (χ2v) is 5.78. The Morgan fingerprint density at radius 3 is 3.04 bits per heavy atom. The van der Waals surface area contributed by atoms with Gasteiger partial charge in [0.25, 0.3) is 0 Å². The van der Waals surface area contributed by atoms with Crippen LogP contribution < -0.4 is 10.1 Å². The maximum Gasteiger partial charge on any atom is 0.229 e. The Morgan fingerprint density at radius 2 is 2.29 bits per heavy atom. The lowest BCUT2D eigenvalue weighted by molar-refractivity contribution is -0.128. The topological polar surface area (TPSA) is 87.3 Å². The number of nitrogens with zero attached hydrogens (tertiary/aromatic N) is 2. The number of methoxy groups -OCH3 is 1. The van der Waals surface area contributed by atoms with Gasteiger partial charge in [-0.15, -0.1) is 0 Å². The van der Waals surface area contributed by atoms with Gasteiger partial charge in [-0.25, -0.2) is 0 Å². The summed E-state index contributed by atoms with van der Waals surface area (Å²) in [5.41, 5.74) is 1.67. The lowest BCUT2D eigenvalue weighted by atomic mass is 10.1. The van der Waals surface area contributed by atoms with Gasteiger partial charge in [0.05, 0.1) is 24.9 Å². The van der Waals surface area contributed by atoms with Crippen molar-refractivity contribution in [3.63, 3.8) is 0 Å². The van der Waals surface area contributed by atoms with Crippen LogP contribution in [0.1, 0.15) is 12.0 Å². The number of hydrogen-bond donors (Lipinski definition) is 2. The van der Waals surface area contributed by atoms with Gasteiger partial charge in [-0.05, 0) is 18.1 Å². The minimum Gasteiger partial charge on any atom is -0.496 e. The number of anilines is 1. The average molecular weight is 328 g/mol. The van der Waals surface area contributed by atoms with Gasteiger partial charge >= 0.3 is 0 Å². The third-order valence-corrected chi connectivity index (χ3v) is 4.19. The second kappa shape index (κ2) is 7.16. The molecule has 1 atom stereocenters. The number of rotatable bonds is 6. The largest absolute Gasteiger partial charge is 0.496 e. The fraction of sp³-hybridized carbons (Fsp3) is 0.353. The highest BCUT2D eigenvalue weighted by molar-refractivity contribution is 5.97. The Hall–Kier alpha value is -2.83. The molecule has 1 aromatic carbocycles. The van der Waals surface area contributed by atoms with Crippen molar-refractivity contribution in [2.75, 3.05) is 25.5 Å². The first kappa shape index (κ1) is 16.0. The molecule has 0 radical (unpaired) electrons. The zero-order chi connectivity index (χ0) is 16.9. The molecule has 3 rings (SSSR count). The number of ether oxygens (including phenoxy) is 1. The molecule has 2 amide bonds. The first-order valence-corrected chi connectivity index (χ1v) is 7.86. The Kier molecular flexibility index (Phi) is 4.79. The van der Waals surface area contributed by atoms with Gasteiger partial charge < -0.3 is 15.0 Å². The van der Waals surface area contributed by atoms with E-state index in [0.717, 1.165) is 11.3 Å². The summed E-state index contributed by atoms with van der Waals surface area (Å²) in [5, 5.41) is 9.19. The minimum absolute atomic E-state index is 0.0113. The summed E-state index contributed by atoms with van der Waals surface area (Å²) >= 11 is 0. The highest BCUT2D eigenvalue weighted by atomic mass is 16.5. The van der Waals surface area contributed by atoms with E-state index in [4.69, 9.17) is 4.74 Å². The highest BCUT2D eigenvalue weighted by Crippen LogP contribution is 2.22. The SMILES string of the molecule is COc1ccccc1CCN1CC(C(=O)Nc2cn[nH]c2)CC1=O. The Morgan fingerprint density at radius 1 is 1.46 bits per heavy atom. The Labute approximate surface area is 140 Å². The molecule has 1 saturated heterocycles. The van der Waals surface area contributed by atoms with Crippen molar-refractivity contribution in [3.8, 4) is 5.75 Å². The van der Waals surface area contributed by atoms with Crippen molar-refractivity contribution < 1.29 is 14.3 Å².